The van der Waals surface area contributed by atoms with Crippen LogP contribution in [0.5, 0.6) is 0 Å². The molecule has 2 aliphatic rings. The molecule has 0 spiro atoms. The minimum atomic E-state index is 0.783. The molecule has 2 fully saturated rings. The van der Waals surface area contributed by atoms with Crippen molar-refractivity contribution < 1.29 is 0 Å². The van der Waals surface area contributed by atoms with E-state index in [0.717, 1.165) is 23.9 Å². The summed E-state index contributed by atoms with van der Waals surface area (Å²) < 4.78 is 0. The number of piperazine rings is 1. The Morgan fingerprint density at radius 2 is 2.20 bits per heavy atom. The highest BCUT2D eigenvalue weighted by Crippen LogP contribution is 2.41. The summed E-state index contributed by atoms with van der Waals surface area (Å²) in [6, 6.07) is 1.71. The van der Waals surface area contributed by atoms with Gasteiger partial charge in [0.2, 0.25) is 0 Å². The average Bonchev–Trinajstić information content (AvgIpc) is 2.98. The predicted octanol–water partition coefficient (Wildman–Crippen LogP) is 2.10. The van der Waals surface area contributed by atoms with Gasteiger partial charge in [-0.15, -0.1) is 0 Å². The van der Waals surface area contributed by atoms with Crippen LogP contribution in [0.15, 0.2) is 0 Å². The maximum atomic E-state index is 3.53. The van der Waals surface area contributed by atoms with Crippen molar-refractivity contribution in [3.8, 4) is 0 Å². The molecule has 1 saturated carbocycles. The summed E-state index contributed by atoms with van der Waals surface area (Å²) in [5.41, 5.74) is 0. The molecule has 1 N–H and O–H groups in total. The summed E-state index contributed by atoms with van der Waals surface area (Å²) in [6.07, 6.45) is 4.27. The Bertz CT molecular complexity index is 203. The van der Waals surface area contributed by atoms with Crippen LogP contribution in [0.25, 0.3) is 0 Å². The third kappa shape index (κ3) is 2.54. The SMILES string of the molecule is CCCC1CC1N1CCNCC1C(C)C. The maximum absolute atomic E-state index is 3.53. The Kier molecular flexibility index (Phi) is 3.68. The van der Waals surface area contributed by atoms with Crippen molar-refractivity contribution in [2.45, 2.75) is 52.1 Å². The summed E-state index contributed by atoms with van der Waals surface area (Å²) in [4.78, 5) is 2.79. The van der Waals surface area contributed by atoms with Crippen molar-refractivity contribution >= 4 is 0 Å². The quantitative estimate of drug-likeness (QED) is 0.764. The first-order chi connectivity index (χ1) is 7.24. The molecule has 1 heterocycles. The van der Waals surface area contributed by atoms with Gasteiger partial charge in [0.05, 0.1) is 0 Å². The van der Waals surface area contributed by atoms with Gasteiger partial charge in [0, 0.05) is 31.7 Å². The number of hydrogen-bond donors (Lipinski definition) is 1. The van der Waals surface area contributed by atoms with Crippen molar-refractivity contribution in [3.63, 3.8) is 0 Å². The van der Waals surface area contributed by atoms with Gasteiger partial charge in [-0.25, -0.2) is 0 Å². The Morgan fingerprint density at radius 3 is 2.87 bits per heavy atom. The lowest BCUT2D eigenvalue weighted by atomic mass is 10.00. The summed E-state index contributed by atoms with van der Waals surface area (Å²) >= 11 is 0. The number of rotatable bonds is 4. The van der Waals surface area contributed by atoms with Crippen LogP contribution in [0.2, 0.25) is 0 Å². The summed E-state index contributed by atoms with van der Waals surface area (Å²) in [5.74, 6) is 1.81. The Labute approximate surface area is 94.4 Å². The zero-order chi connectivity index (χ0) is 10.8. The van der Waals surface area contributed by atoms with Crippen LogP contribution in [-0.4, -0.2) is 36.6 Å². The molecule has 88 valence electrons. The van der Waals surface area contributed by atoms with E-state index in [1.807, 2.05) is 0 Å². The van der Waals surface area contributed by atoms with E-state index in [2.05, 4.69) is 31.0 Å². The second-order valence-electron chi connectivity index (χ2n) is 5.61. The highest BCUT2D eigenvalue weighted by atomic mass is 15.3. The first-order valence-corrected chi connectivity index (χ1v) is 6.70. The third-order valence-electron chi connectivity index (χ3n) is 4.07. The standard InChI is InChI=1S/C13H26N2/c1-4-5-11-8-12(11)15-7-6-14-9-13(15)10(2)3/h10-14H,4-9H2,1-3H3. The normalized spacial score (nSPS) is 37.2. The molecule has 3 unspecified atom stereocenters. The summed E-state index contributed by atoms with van der Waals surface area (Å²) in [7, 11) is 0. The number of nitrogens with zero attached hydrogens (tertiary/aromatic N) is 1. The molecule has 0 amide bonds. The minimum Gasteiger partial charge on any atom is -0.314 e. The lowest BCUT2D eigenvalue weighted by Crippen LogP contribution is -2.54. The van der Waals surface area contributed by atoms with Gasteiger partial charge in [0.1, 0.15) is 0 Å². The van der Waals surface area contributed by atoms with Gasteiger partial charge in [-0.2, -0.15) is 0 Å². The van der Waals surface area contributed by atoms with E-state index >= 15 is 0 Å². The lowest BCUT2D eigenvalue weighted by Gasteiger charge is -2.39. The first-order valence-electron chi connectivity index (χ1n) is 6.70. The monoisotopic (exact) mass is 210 g/mol. The van der Waals surface area contributed by atoms with Crippen LogP contribution in [0.1, 0.15) is 40.0 Å². The van der Waals surface area contributed by atoms with Gasteiger partial charge in [-0.1, -0.05) is 27.2 Å². The van der Waals surface area contributed by atoms with Gasteiger partial charge in [0.25, 0.3) is 0 Å². The number of hydrogen-bond acceptors (Lipinski definition) is 2. The molecule has 0 aromatic rings. The Balaban J connectivity index is 1.89. The van der Waals surface area contributed by atoms with Gasteiger partial charge < -0.3 is 5.32 Å². The van der Waals surface area contributed by atoms with Crippen LogP contribution >= 0.6 is 0 Å². The fraction of sp³-hybridized carbons (Fsp3) is 1.00. The lowest BCUT2D eigenvalue weighted by molar-refractivity contribution is 0.109. The molecular formula is C13H26N2. The van der Waals surface area contributed by atoms with E-state index < -0.39 is 0 Å². The maximum Gasteiger partial charge on any atom is 0.0247 e. The van der Waals surface area contributed by atoms with E-state index in [1.165, 1.54) is 38.9 Å². The van der Waals surface area contributed by atoms with Gasteiger partial charge in [-0.05, 0) is 24.7 Å². The fourth-order valence-corrected chi connectivity index (χ4v) is 3.09. The second-order valence-corrected chi connectivity index (χ2v) is 5.61. The fourth-order valence-electron chi connectivity index (χ4n) is 3.09. The molecular weight excluding hydrogens is 184 g/mol. The molecule has 0 aromatic heterocycles. The smallest absolute Gasteiger partial charge is 0.0247 e. The van der Waals surface area contributed by atoms with Crippen LogP contribution in [0.3, 0.4) is 0 Å². The van der Waals surface area contributed by atoms with Gasteiger partial charge >= 0.3 is 0 Å². The summed E-state index contributed by atoms with van der Waals surface area (Å²) in [6.45, 7) is 10.7. The van der Waals surface area contributed by atoms with E-state index in [-0.39, 0.29) is 0 Å². The van der Waals surface area contributed by atoms with Crippen molar-refractivity contribution in [3.05, 3.63) is 0 Å². The van der Waals surface area contributed by atoms with E-state index in [1.54, 1.807) is 0 Å². The first kappa shape index (κ1) is 11.4. The Hall–Kier alpha value is -0.0800. The molecule has 2 nitrogen and oxygen atoms in total. The molecule has 0 aromatic carbocycles. The molecule has 2 rings (SSSR count). The molecule has 2 heteroatoms. The largest absolute Gasteiger partial charge is 0.314 e. The number of nitrogens with one attached hydrogen (secondary N) is 1. The molecule has 1 saturated heterocycles. The van der Waals surface area contributed by atoms with E-state index in [0.29, 0.717) is 0 Å². The van der Waals surface area contributed by atoms with Crippen LogP contribution in [0.4, 0.5) is 0 Å². The third-order valence-corrected chi connectivity index (χ3v) is 4.07. The summed E-state index contributed by atoms with van der Waals surface area (Å²) in [5, 5.41) is 3.53. The van der Waals surface area contributed by atoms with E-state index in [9.17, 15) is 0 Å². The average molecular weight is 210 g/mol. The van der Waals surface area contributed by atoms with Crippen molar-refractivity contribution in [2.24, 2.45) is 11.8 Å². The molecule has 0 bridgehead atoms. The predicted molar refractivity (Wildman–Crippen MR) is 65.0 cm³/mol. The second kappa shape index (κ2) is 4.84. The van der Waals surface area contributed by atoms with Crippen molar-refractivity contribution in [2.75, 3.05) is 19.6 Å². The minimum absolute atomic E-state index is 0.783. The molecule has 15 heavy (non-hydrogen) atoms. The van der Waals surface area contributed by atoms with Crippen molar-refractivity contribution in [1.82, 2.24) is 10.2 Å². The Morgan fingerprint density at radius 1 is 1.40 bits per heavy atom. The zero-order valence-corrected chi connectivity index (χ0v) is 10.5. The molecule has 3 atom stereocenters. The van der Waals surface area contributed by atoms with Crippen LogP contribution in [-0.2, 0) is 0 Å². The van der Waals surface area contributed by atoms with Crippen molar-refractivity contribution in [1.29, 1.82) is 0 Å². The van der Waals surface area contributed by atoms with Crippen LogP contribution in [0, 0.1) is 11.8 Å². The van der Waals surface area contributed by atoms with Crippen LogP contribution < -0.4 is 5.32 Å². The van der Waals surface area contributed by atoms with E-state index in [4.69, 9.17) is 0 Å². The highest BCUT2D eigenvalue weighted by molar-refractivity contribution is 4.99. The molecule has 1 aliphatic carbocycles. The highest BCUT2D eigenvalue weighted by Gasteiger charge is 2.44. The van der Waals surface area contributed by atoms with Gasteiger partial charge in [-0.3, -0.25) is 4.90 Å². The molecule has 0 radical (unpaired) electrons. The zero-order valence-electron chi connectivity index (χ0n) is 10.5. The molecule has 1 aliphatic heterocycles. The topological polar surface area (TPSA) is 15.3 Å². The van der Waals surface area contributed by atoms with Gasteiger partial charge in [0.15, 0.2) is 0 Å².